The average molecular weight is 1100 g/mol. The predicted octanol–water partition coefficient (Wildman–Crippen LogP) is 19.8. The molecule has 3 atom stereocenters. The number of carbonyl (C=O) groups is 2. The van der Waals surface area contributed by atoms with Crippen molar-refractivity contribution in [2.24, 2.45) is 0 Å². The number of nitrogens with one attached hydrogen (secondary N) is 1. The summed E-state index contributed by atoms with van der Waals surface area (Å²) in [7, 11) is 1.19. The minimum atomic E-state index is -4.70. The Balaban J connectivity index is 5.22. The molecule has 452 valence electrons. The Hall–Kier alpha value is -2.03. The minimum absolute atomic E-state index is 0.0221. The summed E-state index contributed by atoms with van der Waals surface area (Å²) < 4.78 is 30.4. The van der Waals surface area contributed by atoms with Gasteiger partial charge in [-0.25, -0.2) is 0 Å². The van der Waals surface area contributed by atoms with Gasteiger partial charge in [0.15, 0.2) is 0 Å². The molecule has 0 fully saturated rings. The highest BCUT2D eigenvalue weighted by Gasteiger charge is 2.27. The second kappa shape index (κ2) is 57.2. The van der Waals surface area contributed by atoms with Crippen LogP contribution in [0.25, 0.3) is 0 Å². The van der Waals surface area contributed by atoms with E-state index in [9.17, 15) is 19.0 Å². The van der Waals surface area contributed by atoms with Crippen molar-refractivity contribution in [1.82, 2.24) is 5.32 Å². The molecule has 9 nitrogen and oxygen atoms in total. The second-order valence-corrected chi connectivity index (χ2v) is 25.0. The van der Waals surface area contributed by atoms with Gasteiger partial charge in [-0.3, -0.25) is 14.2 Å². The van der Waals surface area contributed by atoms with Crippen molar-refractivity contribution in [1.29, 1.82) is 0 Å². The number of ether oxygens (including phenoxy) is 1. The Bertz CT molecular complexity index is 1460. The fourth-order valence-corrected chi connectivity index (χ4v) is 10.4. The van der Waals surface area contributed by atoms with E-state index in [0.717, 1.165) is 83.5 Å². The van der Waals surface area contributed by atoms with E-state index in [0.29, 0.717) is 17.4 Å². The highest BCUT2D eigenvalue weighted by molar-refractivity contribution is 7.45. The van der Waals surface area contributed by atoms with Gasteiger partial charge in [0.1, 0.15) is 19.3 Å². The van der Waals surface area contributed by atoms with E-state index in [4.69, 9.17) is 13.8 Å². The van der Waals surface area contributed by atoms with Crippen LogP contribution in [0.3, 0.4) is 0 Å². The summed E-state index contributed by atoms with van der Waals surface area (Å²) in [5, 5.41) is 3.04. The Labute approximate surface area is 478 Å². The normalized spacial score (nSPS) is 13.9. The maximum Gasteiger partial charge on any atom is 0.306 e. The lowest BCUT2D eigenvalue weighted by atomic mass is 10.0. The van der Waals surface area contributed by atoms with Gasteiger partial charge in [0.25, 0.3) is 7.82 Å². The van der Waals surface area contributed by atoms with Crippen LogP contribution >= 0.6 is 7.82 Å². The molecular weight excluding hydrogens is 976 g/mol. The number of nitrogens with zero attached hydrogens (tertiary/aromatic N) is 1. The molecule has 0 spiro atoms. The topological polar surface area (TPSA) is 114 Å². The lowest BCUT2D eigenvalue weighted by molar-refractivity contribution is -0.870. The number of likely N-dealkylation sites (N-methyl/N-ethyl adjacent to an activating group) is 1. The maximum absolute atomic E-state index is 13.6. The number of esters is 1. The molecule has 0 radical (unpaired) electrons. The van der Waals surface area contributed by atoms with E-state index >= 15 is 0 Å². The highest BCUT2D eigenvalue weighted by atomic mass is 31.2. The number of rotatable bonds is 60. The first kappa shape index (κ1) is 75.0. The van der Waals surface area contributed by atoms with Crippen LogP contribution in [0.1, 0.15) is 316 Å². The third-order valence-electron chi connectivity index (χ3n) is 14.8. The zero-order valence-electron chi connectivity index (χ0n) is 51.7. The number of unbranched alkanes of at least 4 members (excludes halogenated alkanes) is 38. The van der Waals surface area contributed by atoms with Gasteiger partial charge in [0.2, 0.25) is 5.91 Å². The fraction of sp³-hybridized carbons (Fsp3) is 0.851. The van der Waals surface area contributed by atoms with Gasteiger partial charge in [-0.05, 0) is 70.3 Å². The van der Waals surface area contributed by atoms with Gasteiger partial charge in [0, 0.05) is 12.8 Å². The molecule has 1 amide bonds. The molecule has 0 saturated heterocycles. The molecule has 1 N–H and O–H groups in total. The number of hydrogen-bond donors (Lipinski definition) is 1. The van der Waals surface area contributed by atoms with Crippen LogP contribution in [-0.2, 0) is 27.9 Å². The molecule has 0 aliphatic carbocycles. The zero-order valence-corrected chi connectivity index (χ0v) is 52.6. The molecule has 0 saturated carbocycles. The first-order valence-electron chi connectivity index (χ1n) is 32.9. The molecule has 3 unspecified atom stereocenters. The second-order valence-electron chi connectivity index (χ2n) is 23.6. The fourth-order valence-electron chi connectivity index (χ4n) is 9.65. The summed E-state index contributed by atoms with van der Waals surface area (Å²) in [6.45, 7) is 6.85. The van der Waals surface area contributed by atoms with Crippen LogP contribution in [0.15, 0.2) is 48.6 Å². The van der Waals surface area contributed by atoms with Gasteiger partial charge >= 0.3 is 5.97 Å². The number of carbonyl (C=O) groups excluding carboxylic acids is 2. The van der Waals surface area contributed by atoms with Gasteiger partial charge < -0.3 is 28.5 Å². The summed E-state index contributed by atoms with van der Waals surface area (Å²) in [6.07, 6.45) is 70.7. The van der Waals surface area contributed by atoms with Gasteiger partial charge in [-0.1, -0.05) is 282 Å². The largest absolute Gasteiger partial charge is 0.756 e. The Morgan fingerprint density at radius 3 is 1.21 bits per heavy atom. The predicted molar refractivity (Wildman–Crippen MR) is 330 cm³/mol. The molecule has 0 heterocycles. The molecule has 0 bridgehead atoms. The Morgan fingerprint density at radius 2 is 0.792 bits per heavy atom. The molecule has 0 aromatic rings. The third kappa shape index (κ3) is 58.4. The van der Waals surface area contributed by atoms with Crippen molar-refractivity contribution >= 4 is 19.7 Å². The van der Waals surface area contributed by atoms with Crippen LogP contribution in [-0.4, -0.2) is 69.4 Å². The minimum Gasteiger partial charge on any atom is -0.756 e. The molecule has 0 aromatic carbocycles. The lowest BCUT2D eigenvalue weighted by Crippen LogP contribution is -2.47. The monoisotopic (exact) mass is 1100 g/mol. The highest BCUT2D eigenvalue weighted by Crippen LogP contribution is 2.38. The smallest absolute Gasteiger partial charge is 0.306 e. The molecular formula is C67H127N2O7P. The molecule has 0 rings (SSSR count). The number of allylic oxidation sites excluding steroid dienone is 7. The Kier molecular flexibility index (Phi) is 55.7. The van der Waals surface area contributed by atoms with Gasteiger partial charge in [-0.15, -0.1) is 0 Å². The molecule has 77 heavy (non-hydrogen) atoms. The van der Waals surface area contributed by atoms with Crippen molar-refractivity contribution < 1.29 is 37.3 Å². The number of phosphoric acid groups is 1. The van der Waals surface area contributed by atoms with Crippen molar-refractivity contribution in [3.05, 3.63) is 48.6 Å². The first-order chi connectivity index (χ1) is 37.4. The number of phosphoric ester groups is 1. The van der Waals surface area contributed by atoms with Gasteiger partial charge in [-0.2, -0.15) is 0 Å². The Morgan fingerprint density at radius 1 is 0.455 bits per heavy atom. The van der Waals surface area contributed by atoms with Crippen LogP contribution < -0.4 is 10.2 Å². The zero-order chi connectivity index (χ0) is 56.4. The van der Waals surface area contributed by atoms with Crippen LogP contribution in [0.4, 0.5) is 0 Å². The maximum atomic E-state index is 13.6. The van der Waals surface area contributed by atoms with E-state index in [1.165, 1.54) is 199 Å². The van der Waals surface area contributed by atoms with Crippen LogP contribution in [0, 0.1) is 0 Å². The van der Waals surface area contributed by atoms with E-state index in [1.807, 2.05) is 33.3 Å². The van der Waals surface area contributed by atoms with Crippen molar-refractivity contribution in [3.63, 3.8) is 0 Å². The number of quaternary nitrogens is 1. The quantitative estimate of drug-likeness (QED) is 0.0212. The summed E-state index contributed by atoms with van der Waals surface area (Å²) in [5.74, 6) is -0.535. The van der Waals surface area contributed by atoms with Crippen LogP contribution in [0.2, 0.25) is 0 Å². The number of hydrogen-bond acceptors (Lipinski definition) is 7. The van der Waals surface area contributed by atoms with E-state index in [2.05, 4.69) is 62.5 Å². The summed E-state index contributed by atoms with van der Waals surface area (Å²) in [5.41, 5.74) is 0. The molecule has 10 heteroatoms. The van der Waals surface area contributed by atoms with Crippen molar-refractivity contribution in [2.45, 2.75) is 328 Å². The summed E-state index contributed by atoms with van der Waals surface area (Å²) >= 11 is 0. The van der Waals surface area contributed by atoms with Crippen LogP contribution in [0.5, 0.6) is 0 Å². The number of amides is 1. The SMILES string of the molecule is CCCCC/C=C\C/C=C\C/C=C\CCCCCCCCCCC(=O)OC(/C=C/CCCCCCCCCCCCC)C(COP(=O)([O-])OCC[N+](C)(C)C)NC(=O)CCCCCCCCCCCCCCCCCCC. The lowest BCUT2D eigenvalue weighted by Gasteiger charge is -2.30. The third-order valence-corrected chi connectivity index (χ3v) is 15.7. The molecule has 0 aliphatic heterocycles. The molecule has 0 aliphatic rings. The standard InChI is InChI=1S/C67H127N2O7P/c1-7-10-13-16-19-22-25-28-30-32-33-34-35-37-39-42-45-48-51-54-57-60-67(71)76-65(58-55-52-49-46-43-40-27-24-21-18-15-12-9-3)64(63-75-77(72,73)74-62-61-69(4,5)6)68-66(70)59-56-53-50-47-44-41-38-36-31-29-26-23-20-17-14-11-8-2/h19,22,28,30,33-34,55,58,64-65H,7-18,20-21,23-27,29,31-32,35-54,56-57,59-63H2,1-6H3,(H-,68,70,72,73)/b22-19-,30-28-,34-33-,58-55+. The van der Waals surface area contributed by atoms with Crippen molar-refractivity contribution in [2.75, 3.05) is 40.9 Å². The van der Waals surface area contributed by atoms with E-state index in [1.54, 1.807) is 0 Å². The average Bonchev–Trinajstić information content (AvgIpc) is 3.39. The molecule has 0 aromatic heterocycles. The van der Waals surface area contributed by atoms with Crippen molar-refractivity contribution in [3.8, 4) is 0 Å². The summed E-state index contributed by atoms with van der Waals surface area (Å²) in [4.78, 5) is 40.1. The first-order valence-corrected chi connectivity index (χ1v) is 34.4. The van der Waals surface area contributed by atoms with E-state index in [-0.39, 0.29) is 31.5 Å². The summed E-state index contributed by atoms with van der Waals surface area (Å²) in [6, 6.07) is -0.889. The van der Waals surface area contributed by atoms with Gasteiger partial charge in [0.05, 0.1) is 33.8 Å². The van der Waals surface area contributed by atoms with E-state index < -0.39 is 20.0 Å².